The monoisotopic (exact) mass is 1050 g/mol. The van der Waals surface area contributed by atoms with Gasteiger partial charge >= 0.3 is 0 Å². The fraction of sp³-hybridized carbons (Fsp3) is 0.115. The van der Waals surface area contributed by atoms with Gasteiger partial charge in [-0.05, 0) is 92.9 Å². The molecule has 67 heavy (non-hydrogen) atoms. The Morgan fingerprint density at radius 2 is 1.12 bits per heavy atom. The van der Waals surface area contributed by atoms with Gasteiger partial charge in [-0.2, -0.15) is 18.2 Å². The Labute approximate surface area is 405 Å². The van der Waals surface area contributed by atoms with Gasteiger partial charge in [0.1, 0.15) is 5.82 Å². The van der Waals surface area contributed by atoms with Crippen LogP contribution >= 0.6 is 0 Å². The van der Waals surface area contributed by atoms with Gasteiger partial charge in [0.05, 0.1) is 22.3 Å². The molecule has 0 atom stereocenters. The summed E-state index contributed by atoms with van der Waals surface area (Å²) < 4.78 is 13.5. The van der Waals surface area contributed by atoms with E-state index in [0.29, 0.717) is 11.5 Å². The molecule has 3 aromatic heterocycles. The van der Waals surface area contributed by atoms with Crippen LogP contribution in [-0.2, 0) is 32.0 Å². The zero-order valence-corrected chi connectivity index (χ0v) is 40.2. The van der Waals surface area contributed by atoms with Crippen LogP contribution in [0, 0.1) is 18.5 Å². The molecule has 0 saturated heterocycles. The van der Waals surface area contributed by atoms with Crippen LogP contribution in [0.4, 0.5) is 0 Å². The summed E-state index contributed by atoms with van der Waals surface area (Å²) in [5.74, 6) is 2.06. The van der Waals surface area contributed by atoms with E-state index in [9.17, 15) is 0 Å². The van der Waals surface area contributed by atoms with E-state index in [1.807, 2.05) is 18.3 Å². The third kappa shape index (κ3) is 6.95. The molecule has 8 aromatic carbocycles. The molecule has 0 radical (unpaired) electrons. The predicted octanol–water partition coefficient (Wildman–Crippen LogP) is 14.7. The summed E-state index contributed by atoms with van der Waals surface area (Å²) in [6.07, 6.45) is 5.89. The molecule has 1 aliphatic rings. The molecule has 6 heteroatoms. The fourth-order valence-corrected chi connectivity index (χ4v) is 10.00. The second-order valence-electron chi connectivity index (χ2n) is 18.8. The molecule has 0 amide bonds. The molecule has 11 aromatic rings. The number of pyridine rings is 1. The van der Waals surface area contributed by atoms with Crippen LogP contribution < -0.4 is 9.30 Å². The number of nitrogens with zero attached hydrogens (tertiary/aromatic N) is 4. The Hall–Kier alpha value is -7.33. The molecule has 0 bridgehead atoms. The van der Waals surface area contributed by atoms with Crippen LogP contribution in [0.15, 0.2) is 188 Å². The number of benzene rings is 8. The zero-order chi connectivity index (χ0) is 44.7. The Morgan fingerprint density at radius 1 is 0.522 bits per heavy atom. The maximum Gasteiger partial charge on any atom is 0.245 e. The van der Waals surface area contributed by atoms with Crippen molar-refractivity contribution in [1.29, 1.82) is 0 Å². The van der Waals surface area contributed by atoms with E-state index in [0.717, 1.165) is 72.2 Å². The van der Waals surface area contributed by atoms with Crippen LogP contribution in [0.25, 0.3) is 88.9 Å². The first kappa shape index (κ1) is 42.3. The van der Waals surface area contributed by atoms with E-state index in [1.165, 1.54) is 27.8 Å². The number of fused-ring (bicyclic) bond motifs is 10. The molecule has 12 rings (SSSR count). The van der Waals surface area contributed by atoms with E-state index in [2.05, 4.69) is 237 Å². The average molecular weight is 1050 g/mol. The smallest absolute Gasteiger partial charge is 0.245 e. The number of ether oxygens (including phenoxy) is 1. The van der Waals surface area contributed by atoms with Crippen molar-refractivity contribution < 1.29 is 30.4 Å². The first-order valence-corrected chi connectivity index (χ1v) is 22.6. The maximum atomic E-state index is 6.73. The van der Waals surface area contributed by atoms with E-state index in [-0.39, 0.29) is 26.5 Å². The molecular formula is C61H46N4OPt-2. The Morgan fingerprint density at radius 3 is 1.88 bits per heavy atom. The summed E-state index contributed by atoms with van der Waals surface area (Å²) in [6, 6.07) is 72.1. The maximum absolute atomic E-state index is 6.73. The van der Waals surface area contributed by atoms with Crippen molar-refractivity contribution in [2.45, 2.75) is 45.6 Å². The number of imidazole rings is 1. The molecule has 328 valence electrons. The number of aromatic nitrogens is 4. The molecule has 0 spiro atoms. The zero-order valence-electron chi connectivity index (χ0n) is 37.9. The topological polar surface area (TPSA) is 35.9 Å². The minimum absolute atomic E-state index is 0. The molecular weight excluding hydrogens is 1000 g/mol. The van der Waals surface area contributed by atoms with Gasteiger partial charge in [-0.15, -0.1) is 35.2 Å². The van der Waals surface area contributed by atoms with Crippen molar-refractivity contribution in [3.05, 3.63) is 218 Å². The van der Waals surface area contributed by atoms with Gasteiger partial charge in [-0.25, -0.2) is 4.98 Å². The quantitative estimate of drug-likeness (QED) is 0.123. The van der Waals surface area contributed by atoms with E-state index < -0.39 is 5.54 Å². The van der Waals surface area contributed by atoms with Crippen molar-refractivity contribution in [1.82, 2.24) is 14.1 Å². The van der Waals surface area contributed by atoms with Gasteiger partial charge in [0.15, 0.2) is 0 Å². The normalized spacial score (nSPS) is 12.1. The summed E-state index contributed by atoms with van der Waals surface area (Å²) in [5, 5.41) is 2.23. The summed E-state index contributed by atoms with van der Waals surface area (Å²) >= 11 is 0. The number of hydrogen-bond acceptors (Lipinski definition) is 2. The molecule has 0 saturated carbocycles. The Bertz CT molecular complexity index is 3700. The number of rotatable bonds is 6. The van der Waals surface area contributed by atoms with Crippen LogP contribution in [-0.4, -0.2) is 14.1 Å². The van der Waals surface area contributed by atoms with Crippen molar-refractivity contribution >= 4 is 32.8 Å². The molecule has 1 aliphatic heterocycles. The van der Waals surface area contributed by atoms with Crippen molar-refractivity contribution in [2.75, 3.05) is 0 Å². The van der Waals surface area contributed by atoms with Gasteiger partial charge in [0, 0.05) is 44.3 Å². The molecule has 4 heterocycles. The SMILES string of the molecule is CC(C)(C)c1ccnc(-n2c3[c-]c(Oc4[c-]c(C(C)(C)n5[c-][n+]6c7c(cccc75)-c5ccccc5-c5ccccc5-c5cccc(-c7ccccc7)c5-6)ccc4)ccc3c3ccccc32)c1.[Pt]. The van der Waals surface area contributed by atoms with E-state index >= 15 is 0 Å². The molecule has 0 N–H and O–H groups in total. The second kappa shape index (κ2) is 16.2. The van der Waals surface area contributed by atoms with Crippen LogP contribution in [0.1, 0.15) is 45.7 Å². The average Bonchev–Trinajstić information content (AvgIpc) is 3.91. The van der Waals surface area contributed by atoms with E-state index in [1.54, 1.807) is 0 Å². The Balaban J connectivity index is 0.00000494. The fourth-order valence-electron chi connectivity index (χ4n) is 10.00. The van der Waals surface area contributed by atoms with Gasteiger partial charge in [0.2, 0.25) is 6.33 Å². The van der Waals surface area contributed by atoms with Gasteiger partial charge < -0.3 is 18.4 Å². The van der Waals surface area contributed by atoms with Crippen molar-refractivity contribution in [2.24, 2.45) is 0 Å². The summed E-state index contributed by atoms with van der Waals surface area (Å²) in [7, 11) is 0. The Kier molecular flexibility index (Phi) is 10.2. The van der Waals surface area contributed by atoms with Crippen LogP contribution in [0.2, 0.25) is 0 Å². The summed E-state index contributed by atoms with van der Waals surface area (Å²) in [4.78, 5) is 4.87. The summed E-state index contributed by atoms with van der Waals surface area (Å²) in [5.41, 5.74) is 16.0. The van der Waals surface area contributed by atoms with E-state index in [4.69, 9.17) is 9.72 Å². The molecule has 0 unspecified atom stereocenters. The first-order valence-electron chi connectivity index (χ1n) is 22.6. The third-order valence-corrected chi connectivity index (χ3v) is 13.4. The second-order valence-corrected chi connectivity index (χ2v) is 18.8. The van der Waals surface area contributed by atoms with Crippen molar-refractivity contribution in [3.63, 3.8) is 0 Å². The third-order valence-electron chi connectivity index (χ3n) is 13.4. The molecule has 0 fully saturated rings. The summed E-state index contributed by atoms with van der Waals surface area (Å²) in [6.45, 7) is 11.2. The standard InChI is InChI=1S/C61H46N4O.Pt/c1-60(2,3)41-34-35-62-57(37-41)65-54-30-14-13-26-50(54)51-33-32-44(38-56(51)65)66-43-21-15-20-42(36-43)61(4,5)64-39-63-58-45(40-18-7-6-8-19-40)27-16-28-52(58)48-24-11-9-22-46(48)47-23-10-12-25-49(47)53-29-17-31-55(64)59(53)63;/h6-35,37H,1-5H3;/q-2;. The first-order chi connectivity index (χ1) is 32.1. The van der Waals surface area contributed by atoms with Crippen molar-refractivity contribution in [3.8, 4) is 67.5 Å². The van der Waals surface area contributed by atoms with Gasteiger partial charge in [0.25, 0.3) is 0 Å². The van der Waals surface area contributed by atoms with Crippen LogP contribution in [0.3, 0.4) is 0 Å². The van der Waals surface area contributed by atoms with Gasteiger partial charge in [-0.3, -0.25) is 0 Å². The predicted molar refractivity (Wildman–Crippen MR) is 267 cm³/mol. The van der Waals surface area contributed by atoms with Crippen LogP contribution in [0.5, 0.6) is 11.5 Å². The number of hydrogen-bond donors (Lipinski definition) is 0. The minimum Gasteiger partial charge on any atom is -0.509 e. The molecule has 0 aliphatic carbocycles. The van der Waals surface area contributed by atoms with Gasteiger partial charge in [-0.1, -0.05) is 160 Å². The number of para-hydroxylation sites is 3. The molecule has 5 nitrogen and oxygen atoms in total. The minimum atomic E-state index is -0.630. The largest absolute Gasteiger partial charge is 0.509 e.